The lowest BCUT2D eigenvalue weighted by atomic mass is 10.2. The Morgan fingerprint density at radius 3 is 2.68 bits per heavy atom. The molecule has 1 aliphatic rings. The monoisotopic (exact) mass is 381 g/mol. The molecule has 0 N–H and O–H groups in total. The van der Waals surface area contributed by atoms with Crippen molar-refractivity contribution in [1.82, 2.24) is 4.90 Å². The van der Waals surface area contributed by atoms with Crippen LogP contribution in [0.1, 0.15) is 19.3 Å². The summed E-state index contributed by atoms with van der Waals surface area (Å²) >= 11 is 13.8. The third-order valence-corrected chi connectivity index (χ3v) is 7.75. The van der Waals surface area contributed by atoms with E-state index in [-0.39, 0.29) is 15.7 Å². The minimum absolute atomic E-state index is 0.0595. The Morgan fingerprint density at radius 1 is 1.32 bits per heavy atom. The maximum absolute atomic E-state index is 12.5. The molecule has 0 unspecified atom stereocenters. The lowest BCUT2D eigenvalue weighted by Crippen LogP contribution is -2.34. The van der Waals surface area contributed by atoms with Crippen molar-refractivity contribution in [1.29, 1.82) is 0 Å². The molecule has 1 aliphatic carbocycles. The predicted molar refractivity (Wildman–Crippen MR) is 96.1 cm³/mol. The van der Waals surface area contributed by atoms with Crippen molar-refractivity contribution >= 4 is 44.8 Å². The van der Waals surface area contributed by atoms with Crippen LogP contribution in [0.25, 0.3) is 0 Å². The quantitative estimate of drug-likeness (QED) is 0.746. The van der Waals surface area contributed by atoms with Gasteiger partial charge in [0.2, 0.25) is 0 Å². The van der Waals surface area contributed by atoms with Crippen LogP contribution in [0.3, 0.4) is 0 Å². The van der Waals surface area contributed by atoms with E-state index in [1.165, 1.54) is 18.6 Å². The third-order valence-electron chi connectivity index (χ3n) is 4.25. The third kappa shape index (κ3) is 4.54. The van der Waals surface area contributed by atoms with E-state index in [1.54, 1.807) is 6.07 Å². The SMILES string of the molecule is CS[C@@H]1CC[C@@H](N(C)CCS(=O)(=O)c2cc(Cl)ccc2Cl)C1. The summed E-state index contributed by atoms with van der Waals surface area (Å²) in [5.74, 6) is 0.0595. The fourth-order valence-corrected chi connectivity index (χ4v) is 5.72. The van der Waals surface area contributed by atoms with Gasteiger partial charge in [-0.15, -0.1) is 0 Å². The van der Waals surface area contributed by atoms with Gasteiger partial charge in [0.15, 0.2) is 9.84 Å². The normalized spacial score (nSPS) is 22.4. The molecule has 1 aromatic carbocycles. The largest absolute Gasteiger partial charge is 0.302 e. The van der Waals surface area contributed by atoms with Crippen molar-refractivity contribution in [3.63, 3.8) is 0 Å². The van der Waals surface area contributed by atoms with Crippen LogP contribution >= 0.6 is 35.0 Å². The highest BCUT2D eigenvalue weighted by Gasteiger charge is 2.28. The summed E-state index contributed by atoms with van der Waals surface area (Å²) in [4.78, 5) is 2.29. The van der Waals surface area contributed by atoms with Gasteiger partial charge in [0.25, 0.3) is 0 Å². The van der Waals surface area contributed by atoms with E-state index in [0.717, 1.165) is 12.8 Å². The van der Waals surface area contributed by atoms with E-state index in [4.69, 9.17) is 23.2 Å². The lowest BCUT2D eigenvalue weighted by Gasteiger charge is -2.24. The van der Waals surface area contributed by atoms with Gasteiger partial charge in [0.1, 0.15) is 0 Å². The van der Waals surface area contributed by atoms with Gasteiger partial charge >= 0.3 is 0 Å². The zero-order chi connectivity index (χ0) is 16.3. The minimum Gasteiger partial charge on any atom is -0.302 e. The lowest BCUT2D eigenvalue weighted by molar-refractivity contribution is 0.259. The van der Waals surface area contributed by atoms with Crippen LogP contribution in [0.4, 0.5) is 0 Å². The van der Waals surface area contributed by atoms with Crippen molar-refractivity contribution in [2.75, 3.05) is 25.6 Å². The molecule has 0 heterocycles. The van der Waals surface area contributed by atoms with Gasteiger partial charge < -0.3 is 4.90 Å². The summed E-state index contributed by atoms with van der Waals surface area (Å²) in [5.41, 5.74) is 0. The molecule has 0 spiro atoms. The molecular formula is C15H21Cl2NO2S2. The first-order chi connectivity index (χ1) is 10.3. The number of sulfone groups is 1. The van der Waals surface area contributed by atoms with Gasteiger partial charge in [-0.3, -0.25) is 0 Å². The zero-order valence-corrected chi connectivity index (χ0v) is 15.9. The molecule has 22 heavy (non-hydrogen) atoms. The Morgan fingerprint density at radius 2 is 2.05 bits per heavy atom. The number of hydrogen-bond donors (Lipinski definition) is 0. The number of nitrogens with zero attached hydrogens (tertiary/aromatic N) is 1. The van der Waals surface area contributed by atoms with E-state index < -0.39 is 9.84 Å². The van der Waals surface area contributed by atoms with E-state index in [1.807, 2.05) is 18.8 Å². The van der Waals surface area contributed by atoms with Crippen LogP contribution in [0.15, 0.2) is 23.1 Å². The van der Waals surface area contributed by atoms with Crippen molar-refractivity contribution in [3.8, 4) is 0 Å². The van der Waals surface area contributed by atoms with Gasteiger partial charge in [-0.05, 0) is 50.8 Å². The minimum atomic E-state index is -3.42. The average Bonchev–Trinajstić information content (AvgIpc) is 2.96. The molecule has 0 amide bonds. The van der Waals surface area contributed by atoms with Crippen LogP contribution in [-0.4, -0.2) is 50.2 Å². The highest BCUT2D eigenvalue weighted by Crippen LogP contribution is 2.31. The first-order valence-corrected chi connectivity index (χ1v) is 10.9. The zero-order valence-electron chi connectivity index (χ0n) is 12.8. The molecule has 2 rings (SSSR count). The summed E-state index contributed by atoms with van der Waals surface area (Å²) < 4.78 is 24.9. The summed E-state index contributed by atoms with van der Waals surface area (Å²) in [6.07, 6.45) is 5.62. The van der Waals surface area contributed by atoms with Gasteiger partial charge in [-0.25, -0.2) is 8.42 Å². The van der Waals surface area contributed by atoms with E-state index in [9.17, 15) is 8.42 Å². The molecule has 0 saturated heterocycles. The van der Waals surface area contributed by atoms with Crippen LogP contribution in [-0.2, 0) is 9.84 Å². The number of thioether (sulfide) groups is 1. The topological polar surface area (TPSA) is 37.4 Å². The van der Waals surface area contributed by atoms with E-state index in [0.29, 0.717) is 22.9 Å². The van der Waals surface area contributed by atoms with Crippen LogP contribution in [0.5, 0.6) is 0 Å². The molecule has 0 bridgehead atoms. The van der Waals surface area contributed by atoms with Crippen molar-refractivity contribution < 1.29 is 8.42 Å². The maximum Gasteiger partial charge on any atom is 0.181 e. The summed E-state index contributed by atoms with van der Waals surface area (Å²) in [7, 11) is -1.42. The molecule has 0 aliphatic heterocycles. The van der Waals surface area contributed by atoms with Crippen LogP contribution < -0.4 is 0 Å². The predicted octanol–water partition coefficient (Wildman–Crippen LogP) is 3.98. The van der Waals surface area contributed by atoms with Gasteiger partial charge in [-0.2, -0.15) is 11.8 Å². The first-order valence-electron chi connectivity index (χ1n) is 7.24. The molecule has 1 aromatic rings. The van der Waals surface area contributed by atoms with Crippen molar-refractivity contribution in [2.45, 2.75) is 35.4 Å². The second-order valence-electron chi connectivity index (χ2n) is 5.70. The smallest absolute Gasteiger partial charge is 0.181 e. The van der Waals surface area contributed by atoms with Gasteiger partial charge in [0.05, 0.1) is 15.7 Å². The summed E-state index contributed by atoms with van der Waals surface area (Å²) in [5, 5.41) is 1.32. The highest BCUT2D eigenvalue weighted by atomic mass is 35.5. The Kier molecular flexibility index (Phi) is 6.48. The number of rotatable bonds is 6. The number of benzene rings is 1. The average molecular weight is 382 g/mol. The molecular weight excluding hydrogens is 361 g/mol. The van der Waals surface area contributed by atoms with Gasteiger partial charge in [0, 0.05) is 22.9 Å². The van der Waals surface area contributed by atoms with E-state index in [2.05, 4.69) is 11.2 Å². The Bertz CT molecular complexity index is 622. The fraction of sp³-hybridized carbons (Fsp3) is 0.600. The highest BCUT2D eigenvalue weighted by molar-refractivity contribution is 7.99. The first kappa shape index (κ1) is 18.4. The second-order valence-corrected chi connectivity index (χ2v) is 9.76. The van der Waals surface area contributed by atoms with Crippen molar-refractivity contribution in [3.05, 3.63) is 28.2 Å². The van der Waals surface area contributed by atoms with Crippen molar-refractivity contribution in [2.24, 2.45) is 0 Å². The molecule has 1 fully saturated rings. The van der Waals surface area contributed by atoms with Gasteiger partial charge in [-0.1, -0.05) is 23.2 Å². The van der Waals surface area contributed by atoms with E-state index >= 15 is 0 Å². The maximum atomic E-state index is 12.5. The standard InChI is InChI=1S/C15H21Cl2NO2S2/c1-18(12-4-5-13(10-12)21-2)7-8-22(19,20)15-9-11(16)3-6-14(15)17/h3,6,9,12-13H,4-5,7-8,10H2,1-2H3/t12-,13-/m1/s1. The number of hydrogen-bond acceptors (Lipinski definition) is 4. The molecule has 7 heteroatoms. The second kappa shape index (κ2) is 7.75. The Hall–Kier alpha value is 0.0600. The fourth-order valence-electron chi connectivity index (χ4n) is 2.80. The molecule has 3 nitrogen and oxygen atoms in total. The molecule has 124 valence electrons. The molecule has 0 radical (unpaired) electrons. The molecule has 1 saturated carbocycles. The summed E-state index contributed by atoms with van der Waals surface area (Å²) in [6.45, 7) is 0.511. The van der Waals surface area contributed by atoms with Crippen LogP contribution in [0.2, 0.25) is 10.0 Å². The number of halogens is 2. The Balaban J connectivity index is 1.99. The van der Waals surface area contributed by atoms with Crippen LogP contribution in [0, 0.1) is 0 Å². The Labute approximate surface area is 147 Å². The summed E-state index contributed by atoms with van der Waals surface area (Å²) in [6, 6.07) is 5.03. The molecule has 0 aromatic heterocycles. The molecule has 2 atom stereocenters.